The molecule has 3 heterocycles. The van der Waals surface area contributed by atoms with Crippen LogP contribution in [0.4, 0.5) is 0 Å². The molecule has 0 bridgehead atoms. The van der Waals surface area contributed by atoms with Crippen LogP contribution in [0.15, 0.2) is 50.2 Å². The molecule has 0 N–H and O–H groups in total. The van der Waals surface area contributed by atoms with Crippen molar-refractivity contribution in [1.82, 2.24) is 0 Å². The van der Waals surface area contributed by atoms with Gasteiger partial charge in [0.25, 0.3) is 0 Å². The Morgan fingerprint density at radius 1 is 1.28 bits per heavy atom. The van der Waals surface area contributed by atoms with Crippen LogP contribution in [0, 0.1) is 6.92 Å². The summed E-state index contributed by atoms with van der Waals surface area (Å²) in [5.41, 5.74) is 0.892. The van der Waals surface area contributed by atoms with E-state index in [2.05, 4.69) is 0 Å². The van der Waals surface area contributed by atoms with Gasteiger partial charge in [-0.05, 0) is 44.0 Å². The van der Waals surface area contributed by atoms with Crippen molar-refractivity contribution in [3.63, 3.8) is 0 Å². The number of carbonyl (C=O) groups excluding carboxylic acids is 1. The third kappa shape index (κ3) is 2.85. The lowest BCUT2D eigenvalue weighted by Gasteiger charge is -2.12. The highest BCUT2D eigenvalue weighted by molar-refractivity contribution is 5.85. The number of rotatable bonds is 3. The van der Waals surface area contributed by atoms with E-state index in [4.69, 9.17) is 18.3 Å². The summed E-state index contributed by atoms with van der Waals surface area (Å²) >= 11 is 0. The zero-order valence-electron chi connectivity index (χ0n) is 13.6. The molecule has 1 fully saturated rings. The van der Waals surface area contributed by atoms with Crippen LogP contribution < -0.4 is 10.2 Å². The summed E-state index contributed by atoms with van der Waals surface area (Å²) in [6, 6.07) is 8.57. The first kappa shape index (κ1) is 15.7. The van der Waals surface area contributed by atoms with Crippen molar-refractivity contribution in [3.05, 3.63) is 52.4 Å². The van der Waals surface area contributed by atoms with Gasteiger partial charge in [-0.3, -0.25) is 4.79 Å². The van der Waals surface area contributed by atoms with Gasteiger partial charge >= 0.3 is 5.97 Å². The fourth-order valence-corrected chi connectivity index (χ4v) is 2.88. The molecule has 0 unspecified atom stereocenters. The van der Waals surface area contributed by atoms with Crippen LogP contribution in [0.2, 0.25) is 0 Å². The number of hydrogen-bond acceptors (Lipinski definition) is 6. The maximum atomic E-state index is 12.9. The molecule has 1 aromatic carbocycles. The van der Waals surface area contributed by atoms with Crippen molar-refractivity contribution in [2.24, 2.45) is 0 Å². The number of hydrogen-bond donors (Lipinski definition) is 0. The molecule has 25 heavy (non-hydrogen) atoms. The van der Waals surface area contributed by atoms with Crippen LogP contribution >= 0.6 is 0 Å². The van der Waals surface area contributed by atoms with Gasteiger partial charge in [0.05, 0.1) is 11.6 Å². The third-order valence-electron chi connectivity index (χ3n) is 4.14. The number of carbonyl (C=O) groups is 1. The van der Waals surface area contributed by atoms with Crippen LogP contribution in [-0.4, -0.2) is 18.7 Å². The standard InChI is InChI=1S/C19H16O6/c1-11-6-7-13-12(10-11)16(20)18(17(24-13)14-4-2-8-22-14)25-19(21)15-5-3-9-23-15/h2,4,6-8,10,15H,3,5,9H2,1H3/t15-/m0/s1. The third-order valence-corrected chi connectivity index (χ3v) is 4.14. The first-order valence-electron chi connectivity index (χ1n) is 8.08. The minimum atomic E-state index is -0.656. The minimum absolute atomic E-state index is 0.0951. The molecule has 0 saturated carbocycles. The number of benzene rings is 1. The molecule has 0 aliphatic carbocycles. The molecular weight excluding hydrogens is 324 g/mol. The Kier molecular flexibility index (Phi) is 3.89. The van der Waals surface area contributed by atoms with E-state index in [-0.39, 0.29) is 11.5 Å². The number of esters is 1. The Labute approximate surface area is 143 Å². The fourth-order valence-electron chi connectivity index (χ4n) is 2.88. The van der Waals surface area contributed by atoms with Crippen molar-refractivity contribution in [3.8, 4) is 17.3 Å². The SMILES string of the molecule is Cc1ccc2oc(-c3ccco3)c(OC(=O)[C@@H]3CCCO3)c(=O)c2c1. The van der Waals surface area contributed by atoms with Gasteiger partial charge in [-0.25, -0.2) is 4.79 Å². The van der Waals surface area contributed by atoms with E-state index in [1.165, 1.54) is 6.26 Å². The zero-order valence-corrected chi connectivity index (χ0v) is 13.6. The second-order valence-corrected chi connectivity index (χ2v) is 5.99. The number of fused-ring (bicyclic) bond motifs is 1. The summed E-state index contributed by atoms with van der Waals surface area (Å²) in [4.78, 5) is 25.3. The van der Waals surface area contributed by atoms with Gasteiger partial charge in [0, 0.05) is 6.61 Å². The van der Waals surface area contributed by atoms with Crippen LogP contribution in [0.25, 0.3) is 22.5 Å². The van der Waals surface area contributed by atoms with Crippen LogP contribution in [0.1, 0.15) is 18.4 Å². The second kappa shape index (κ2) is 6.22. The topological polar surface area (TPSA) is 78.9 Å². The van der Waals surface area contributed by atoms with Gasteiger partial charge in [-0.2, -0.15) is 0 Å². The summed E-state index contributed by atoms with van der Waals surface area (Å²) in [5, 5.41) is 0.352. The summed E-state index contributed by atoms with van der Waals surface area (Å²) in [7, 11) is 0. The molecule has 1 aliphatic rings. The molecule has 0 amide bonds. The smallest absolute Gasteiger partial charge is 0.340 e. The highest BCUT2D eigenvalue weighted by atomic mass is 16.6. The molecule has 1 aliphatic heterocycles. The van der Waals surface area contributed by atoms with Gasteiger partial charge < -0.3 is 18.3 Å². The van der Waals surface area contributed by atoms with Crippen molar-refractivity contribution >= 4 is 16.9 Å². The van der Waals surface area contributed by atoms with Crippen LogP contribution in [-0.2, 0) is 9.53 Å². The van der Waals surface area contributed by atoms with Gasteiger partial charge in [0.15, 0.2) is 11.9 Å². The van der Waals surface area contributed by atoms with Gasteiger partial charge in [-0.15, -0.1) is 0 Å². The highest BCUT2D eigenvalue weighted by Crippen LogP contribution is 2.32. The first-order valence-corrected chi connectivity index (χ1v) is 8.08. The lowest BCUT2D eigenvalue weighted by Crippen LogP contribution is -2.27. The van der Waals surface area contributed by atoms with E-state index in [1.807, 2.05) is 13.0 Å². The van der Waals surface area contributed by atoms with Gasteiger partial charge in [0.2, 0.25) is 16.9 Å². The lowest BCUT2D eigenvalue weighted by atomic mass is 10.1. The van der Waals surface area contributed by atoms with E-state index in [1.54, 1.807) is 24.3 Å². The largest absolute Gasteiger partial charge is 0.461 e. The second-order valence-electron chi connectivity index (χ2n) is 5.99. The molecule has 3 aromatic rings. The van der Waals surface area contributed by atoms with Crippen molar-refractivity contribution in [2.75, 3.05) is 6.61 Å². The lowest BCUT2D eigenvalue weighted by molar-refractivity contribution is -0.144. The normalized spacial score (nSPS) is 17.1. The van der Waals surface area contributed by atoms with Gasteiger partial charge in [0.1, 0.15) is 5.58 Å². The molecule has 6 nitrogen and oxygen atoms in total. The Bertz CT molecular complexity index is 977. The Hall–Kier alpha value is -2.86. The van der Waals surface area contributed by atoms with E-state index in [0.29, 0.717) is 29.8 Å². The molecule has 6 heteroatoms. The molecular formula is C19H16O6. The molecule has 128 valence electrons. The van der Waals surface area contributed by atoms with E-state index in [9.17, 15) is 9.59 Å². The van der Waals surface area contributed by atoms with Crippen LogP contribution in [0.3, 0.4) is 0 Å². The summed E-state index contributed by atoms with van der Waals surface area (Å²) in [6.45, 7) is 2.38. The molecule has 1 saturated heterocycles. The molecule has 4 rings (SSSR count). The monoisotopic (exact) mass is 340 g/mol. The minimum Gasteiger partial charge on any atom is -0.461 e. The number of ether oxygens (including phenoxy) is 2. The Balaban J connectivity index is 1.87. The molecule has 2 aromatic heterocycles. The summed E-state index contributed by atoms with van der Waals surface area (Å²) in [5.74, 6) is -0.356. The average molecular weight is 340 g/mol. The van der Waals surface area contributed by atoms with Crippen LogP contribution in [0.5, 0.6) is 5.75 Å². The quantitative estimate of drug-likeness (QED) is 0.680. The van der Waals surface area contributed by atoms with Crippen molar-refractivity contribution in [1.29, 1.82) is 0 Å². The van der Waals surface area contributed by atoms with E-state index in [0.717, 1.165) is 12.0 Å². The van der Waals surface area contributed by atoms with Crippen molar-refractivity contribution in [2.45, 2.75) is 25.9 Å². The highest BCUT2D eigenvalue weighted by Gasteiger charge is 2.29. The zero-order chi connectivity index (χ0) is 17.4. The summed E-state index contributed by atoms with van der Waals surface area (Å²) in [6.07, 6.45) is 2.17. The average Bonchev–Trinajstić information content (AvgIpc) is 3.31. The number of furan rings is 1. The predicted molar refractivity (Wildman–Crippen MR) is 89.5 cm³/mol. The molecule has 0 radical (unpaired) electrons. The predicted octanol–water partition coefficient (Wildman–Crippen LogP) is 3.45. The Morgan fingerprint density at radius 2 is 2.16 bits per heavy atom. The number of aryl methyl sites for hydroxylation is 1. The molecule has 1 atom stereocenters. The fraction of sp³-hybridized carbons (Fsp3) is 0.263. The summed E-state index contributed by atoms with van der Waals surface area (Å²) < 4.78 is 21.9. The maximum Gasteiger partial charge on any atom is 0.340 e. The maximum absolute atomic E-state index is 12.9. The van der Waals surface area contributed by atoms with E-state index >= 15 is 0 Å². The van der Waals surface area contributed by atoms with Crippen molar-refractivity contribution < 1.29 is 23.1 Å². The molecule has 0 spiro atoms. The Morgan fingerprint density at radius 3 is 2.88 bits per heavy atom. The first-order chi connectivity index (χ1) is 12.1. The van der Waals surface area contributed by atoms with Gasteiger partial charge in [-0.1, -0.05) is 11.6 Å². The van der Waals surface area contributed by atoms with E-state index < -0.39 is 17.5 Å².